The van der Waals surface area contributed by atoms with E-state index in [0.29, 0.717) is 12.2 Å². The van der Waals surface area contributed by atoms with E-state index in [2.05, 4.69) is 26.0 Å². The van der Waals surface area contributed by atoms with Gasteiger partial charge in [0, 0.05) is 12.8 Å². The van der Waals surface area contributed by atoms with Crippen LogP contribution in [0.3, 0.4) is 0 Å². The van der Waals surface area contributed by atoms with Crippen molar-refractivity contribution in [2.24, 2.45) is 5.41 Å². The summed E-state index contributed by atoms with van der Waals surface area (Å²) in [6.07, 6.45) is 3.39. The van der Waals surface area contributed by atoms with E-state index >= 15 is 0 Å². The Labute approximate surface area is 103 Å². The van der Waals surface area contributed by atoms with Crippen molar-refractivity contribution >= 4 is 5.78 Å². The first kappa shape index (κ1) is 12.2. The highest BCUT2D eigenvalue weighted by atomic mass is 16.5. The molecule has 1 saturated carbocycles. The second kappa shape index (κ2) is 4.52. The van der Waals surface area contributed by atoms with Crippen LogP contribution in [0.15, 0.2) is 18.2 Å². The van der Waals surface area contributed by atoms with Gasteiger partial charge in [-0.2, -0.15) is 0 Å². The number of benzene rings is 1. The molecule has 0 radical (unpaired) electrons. The smallest absolute Gasteiger partial charge is 0.133 e. The van der Waals surface area contributed by atoms with Gasteiger partial charge >= 0.3 is 0 Å². The lowest BCUT2D eigenvalue weighted by Crippen LogP contribution is -2.16. The van der Waals surface area contributed by atoms with E-state index in [1.165, 1.54) is 11.1 Å². The minimum Gasteiger partial charge on any atom is -0.496 e. The van der Waals surface area contributed by atoms with Gasteiger partial charge < -0.3 is 4.74 Å². The molecule has 1 fully saturated rings. The quantitative estimate of drug-likeness (QED) is 0.799. The zero-order chi connectivity index (χ0) is 12.5. The molecule has 2 nitrogen and oxygen atoms in total. The third-order valence-corrected chi connectivity index (χ3v) is 3.68. The maximum absolute atomic E-state index is 11.4. The van der Waals surface area contributed by atoms with Crippen LogP contribution in [0.4, 0.5) is 0 Å². The monoisotopic (exact) mass is 232 g/mol. The zero-order valence-electron chi connectivity index (χ0n) is 10.9. The van der Waals surface area contributed by atoms with Crippen molar-refractivity contribution in [3.8, 4) is 5.75 Å². The standard InChI is InChI=1S/C15H20O2/c1-11-4-5-14(17-3)12(8-11)9-15(2)7-6-13(16)10-15/h4-5,8H,6-7,9-10H2,1-3H3. The van der Waals surface area contributed by atoms with Crippen LogP contribution in [-0.4, -0.2) is 12.9 Å². The fraction of sp³-hybridized carbons (Fsp3) is 0.533. The SMILES string of the molecule is COc1ccc(C)cc1CC1(C)CCC(=O)C1. The summed E-state index contributed by atoms with van der Waals surface area (Å²) in [5.41, 5.74) is 2.59. The number of carbonyl (C=O) groups is 1. The molecule has 1 atom stereocenters. The number of ether oxygens (including phenoxy) is 1. The lowest BCUT2D eigenvalue weighted by molar-refractivity contribution is -0.117. The van der Waals surface area contributed by atoms with Crippen molar-refractivity contribution in [1.82, 2.24) is 0 Å². The van der Waals surface area contributed by atoms with Gasteiger partial charge in [-0.3, -0.25) is 4.79 Å². The number of aryl methyl sites for hydroxylation is 1. The molecule has 1 aromatic rings. The highest BCUT2D eigenvalue weighted by Gasteiger charge is 2.34. The number of Topliss-reactive ketones (excluding diaryl/α,β-unsaturated/α-hetero) is 1. The van der Waals surface area contributed by atoms with Crippen LogP contribution in [0.2, 0.25) is 0 Å². The van der Waals surface area contributed by atoms with E-state index in [4.69, 9.17) is 4.74 Å². The molecule has 0 bridgehead atoms. The molecule has 0 aromatic heterocycles. The molecule has 0 N–H and O–H groups in total. The summed E-state index contributed by atoms with van der Waals surface area (Å²) in [7, 11) is 1.70. The molecule has 17 heavy (non-hydrogen) atoms. The molecule has 2 rings (SSSR count). The van der Waals surface area contributed by atoms with Crippen molar-refractivity contribution in [2.75, 3.05) is 7.11 Å². The van der Waals surface area contributed by atoms with E-state index in [1.807, 2.05) is 6.07 Å². The number of carbonyl (C=O) groups excluding carboxylic acids is 1. The highest BCUT2D eigenvalue weighted by molar-refractivity contribution is 5.81. The molecule has 0 aliphatic heterocycles. The minimum atomic E-state index is 0.123. The zero-order valence-corrected chi connectivity index (χ0v) is 10.9. The van der Waals surface area contributed by atoms with Crippen LogP contribution in [0, 0.1) is 12.3 Å². The summed E-state index contributed by atoms with van der Waals surface area (Å²) in [5, 5.41) is 0. The van der Waals surface area contributed by atoms with Crippen LogP contribution in [0.5, 0.6) is 5.75 Å². The minimum absolute atomic E-state index is 0.123. The predicted molar refractivity (Wildman–Crippen MR) is 68.4 cm³/mol. The van der Waals surface area contributed by atoms with Crippen molar-refractivity contribution in [2.45, 2.75) is 39.5 Å². The fourth-order valence-electron chi connectivity index (χ4n) is 2.75. The van der Waals surface area contributed by atoms with Gasteiger partial charge in [-0.1, -0.05) is 24.6 Å². The van der Waals surface area contributed by atoms with Crippen LogP contribution in [-0.2, 0) is 11.2 Å². The molecular weight excluding hydrogens is 212 g/mol. The van der Waals surface area contributed by atoms with E-state index in [1.54, 1.807) is 7.11 Å². The van der Waals surface area contributed by atoms with E-state index in [-0.39, 0.29) is 5.41 Å². The molecular formula is C15H20O2. The molecule has 92 valence electrons. The number of methoxy groups -OCH3 is 1. The van der Waals surface area contributed by atoms with Gasteiger partial charge in [-0.25, -0.2) is 0 Å². The van der Waals surface area contributed by atoms with Gasteiger partial charge in [-0.15, -0.1) is 0 Å². The molecule has 0 amide bonds. The Hall–Kier alpha value is -1.31. The summed E-state index contributed by atoms with van der Waals surface area (Å²) in [4.78, 5) is 11.4. The van der Waals surface area contributed by atoms with Gasteiger partial charge in [0.25, 0.3) is 0 Å². The van der Waals surface area contributed by atoms with Crippen LogP contribution in [0.1, 0.15) is 37.3 Å². The molecule has 1 aliphatic carbocycles. The average Bonchev–Trinajstić information content (AvgIpc) is 2.59. The van der Waals surface area contributed by atoms with Crippen molar-refractivity contribution in [3.63, 3.8) is 0 Å². The molecule has 1 aliphatic rings. The second-order valence-electron chi connectivity index (χ2n) is 5.52. The number of ketones is 1. The third-order valence-electron chi connectivity index (χ3n) is 3.68. The molecule has 1 unspecified atom stereocenters. The first-order valence-corrected chi connectivity index (χ1v) is 6.18. The average molecular weight is 232 g/mol. The maximum Gasteiger partial charge on any atom is 0.133 e. The summed E-state index contributed by atoms with van der Waals surface area (Å²) in [6, 6.07) is 6.25. The second-order valence-corrected chi connectivity index (χ2v) is 5.52. The fourth-order valence-corrected chi connectivity index (χ4v) is 2.75. The Morgan fingerprint density at radius 1 is 1.41 bits per heavy atom. The Kier molecular flexibility index (Phi) is 3.23. The van der Waals surface area contributed by atoms with Crippen LogP contribution >= 0.6 is 0 Å². The third kappa shape index (κ3) is 2.68. The van der Waals surface area contributed by atoms with Gasteiger partial charge in [0.15, 0.2) is 0 Å². The van der Waals surface area contributed by atoms with E-state index in [9.17, 15) is 4.79 Å². The van der Waals surface area contributed by atoms with Crippen LogP contribution < -0.4 is 4.74 Å². The Morgan fingerprint density at radius 2 is 2.18 bits per heavy atom. The van der Waals surface area contributed by atoms with Crippen molar-refractivity contribution in [3.05, 3.63) is 29.3 Å². The lowest BCUT2D eigenvalue weighted by atomic mass is 9.81. The highest BCUT2D eigenvalue weighted by Crippen LogP contribution is 2.40. The normalized spacial score (nSPS) is 24.1. The molecule has 2 heteroatoms. The predicted octanol–water partition coefficient (Wildman–Crippen LogP) is 3.31. The molecule has 0 spiro atoms. The van der Waals surface area contributed by atoms with E-state index < -0.39 is 0 Å². The lowest BCUT2D eigenvalue weighted by Gasteiger charge is -2.23. The summed E-state index contributed by atoms with van der Waals surface area (Å²) >= 11 is 0. The van der Waals surface area contributed by atoms with Gasteiger partial charge in [0.2, 0.25) is 0 Å². The molecule has 0 heterocycles. The molecule has 1 aromatic carbocycles. The van der Waals surface area contributed by atoms with Crippen LogP contribution in [0.25, 0.3) is 0 Å². The topological polar surface area (TPSA) is 26.3 Å². The number of rotatable bonds is 3. The van der Waals surface area contributed by atoms with Crippen molar-refractivity contribution < 1.29 is 9.53 Å². The van der Waals surface area contributed by atoms with Crippen molar-refractivity contribution in [1.29, 1.82) is 0 Å². The summed E-state index contributed by atoms with van der Waals surface area (Å²) in [5.74, 6) is 1.34. The van der Waals surface area contributed by atoms with Gasteiger partial charge in [0.05, 0.1) is 7.11 Å². The van der Waals surface area contributed by atoms with E-state index in [0.717, 1.165) is 25.0 Å². The number of hydrogen-bond acceptors (Lipinski definition) is 2. The summed E-state index contributed by atoms with van der Waals surface area (Å²) in [6.45, 7) is 4.30. The van der Waals surface area contributed by atoms with Gasteiger partial charge in [-0.05, 0) is 36.8 Å². The van der Waals surface area contributed by atoms with Gasteiger partial charge in [0.1, 0.15) is 11.5 Å². The Morgan fingerprint density at radius 3 is 2.76 bits per heavy atom. The Bertz CT molecular complexity index is 437. The first-order chi connectivity index (χ1) is 8.02. The largest absolute Gasteiger partial charge is 0.496 e. The Balaban J connectivity index is 2.23. The first-order valence-electron chi connectivity index (χ1n) is 6.18. The number of hydrogen-bond donors (Lipinski definition) is 0. The molecule has 0 saturated heterocycles. The summed E-state index contributed by atoms with van der Waals surface area (Å²) < 4.78 is 5.40. The maximum atomic E-state index is 11.4.